The molecular formula is C52H30B2N8O5. The van der Waals surface area contributed by atoms with Gasteiger partial charge in [0, 0.05) is 46.8 Å². The van der Waals surface area contributed by atoms with E-state index in [2.05, 4.69) is 59.0 Å². The number of hydrogen-bond donors (Lipinski definition) is 0. The van der Waals surface area contributed by atoms with Crippen molar-refractivity contribution in [2.24, 2.45) is 14.1 Å². The van der Waals surface area contributed by atoms with Gasteiger partial charge in [-0.1, -0.05) is 66.7 Å². The molecule has 13 nitrogen and oxygen atoms in total. The maximum atomic E-state index is 6.59. The molecule has 4 aliphatic rings. The zero-order valence-electron chi connectivity index (χ0n) is 35.6. The molecule has 11 heterocycles. The van der Waals surface area contributed by atoms with Crippen LogP contribution < -0.4 is 60.9 Å². The summed E-state index contributed by atoms with van der Waals surface area (Å²) >= 11 is 0. The van der Waals surface area contributed by atoms with Crippen LogP contribution in [0.3, 0.4) is 0 Å². The zero-order chi connectivity index (χ0) is 44.1. The average molecular weight is 868 g/mol. The van der Waals surface area contributed by atoms with Crippen molar-refractivity contribution in [2.75, 3.05) is 0 Å². The Hall–Kier alpha value is -8.97. The minimum absolute atomic E-state index is 0.222. The molecule has 4 aromatic carbocycles. The van der Waals surface area contributed by atoms with E-state index in [1.165, 1.54) is 0 Å². The van der Waals surface area contributed by atoms with Crippen LogP contribution in [0.15, 0.2) is 151 Å². The van der Waals surface area contributed by atoms with Crippen LogP contribution >= 0.6 is 0 Å². The highest BCUT2D eigenvalue weighted by Gasteiger charge is 2.43. The lowest BCUT2D eigenvalue weighted by Crippen LogP contribution is -2.57. The van der Waals surface area contributed by atoms with Gasteiger partial charge in [-0.25, -0.2) is 9.97 Å². The number of imidazole rings is 2. The lowest BCUT2D eigenvalue weighted by atomic mass is 9.35. The van der Waals surface area contributed by atoms with Crippen molar-refractivity contribution in [2.45, 2.75) is 0 Å². The van der Waals surface area contributed by atoms with Crippen LogP contribution in [0.25, 0.3) is 56.2 Å². The molecule has 0 saturated heterocycles. The van der Waals surface area contributed by atoms with E-state index in [9.17, 15) is 0 Å². The molecule has 0 fully saturated rings. The number of rotatable bonds is 4. The van der Waals surface area contributed by atoms with E-state index in [1.807, 2.05) is 124 Å². The molecule has 0 aliphatic carbocycles. The summed E-state index contributed by atoms with van der Waals surface area (Å²) in [7, 11) is 3.93. The predicted molar refractivity (Wildman–Crippen MR) is 250 cm³/mol. The molecule has 0 radical (unpaired) electrons. The topological polar surface area (TPSA) is 119 Å². The smallest absolute Gasteiger partial charge is 0.262 e. The van der Waals surface area contributed by atoms with Crippen LogP contribution in [0, 0.1) is 12.7 Å². The predicted octanol–water partition coefficient (Wildman–Crippen LogP) is 4.79. The molecule has 0 spiro atoms. The number of fused-ring (bicyclic) bond motifs is 10. The van der Waals surface area contributed by atoms with Gasteiger partial charge in [-0.15, -0.1) is 0 Å². The van der Waals surface area contributed by atoms with Crippen LogP contribution in [-0.4, -0.2) is 42.5 Å². The van der Waals surface area contributed by atoms with Gasteiger partial charge >= 0.3 is 0 Å². The Balaban J connectivity index is 0.818. The lowest BCUT2D eigenvalue weighted by Gasteiger charge is -2.32. The van der Waals surface area contributed by atoms with Crippen LogP contribution in [0.2, 0.25) is 0 Å². The molecule has 0 amide bonds. The second-order valence-corrected chi connectivity index (χ2v) is 17.2. The van der Waals surface area contributed by atoms with E-state index in [0.717, 1.165) is 112 Å². The summed E-state index contributed by atoms with van der Waals surface area (Å²) < 4.78 is 40.3. The average Bonchev–Trinajstić information content (AvgIpc) is 4.09. The molecule has 0 N–H and O–H groups in total. The van der Waals surface area contributed by atoms with Crippen molar-refractivity contribution in [1.29, 1.82) is 0 Å². The number of hydrogen-bond acceptors (Lipinski definition) is 9. The van der Waals surface area contributed by atoms with Gasteiger partial charge in [-0.05, 0) is 75.9 Å². The van der Waals surface area contributed by atoms with Crippen LogP contribution in [0.4, 0.5) is 0 Å². The number of benzene rings is 4. The monoisotopic (exact) mass is 868 g/mol. The molecule has 0 atom stereocenters. The maximum absolute atomic E-state index is 6.59. The molecule has 0 unspecified atom stereocenters. The van der Waals surface area contributed by atoms with Crippen LogP contribution in [0.1, 0.15) is 0 Å². The van der Waals surface area contributed by atoms with Crippen molar-refractivity contribution < 1.29 is 32.5 Å². The summed E-state index contributed by atoms with van der Waals surface area (Å²) in [6.45, 7) is -0.456. The SMILES string of the molecule is C[n+]1[c-]n(-c2cnc3c(c2)B2c4cc(-c5coc(-c6ccc7c(c6)B6c8cc(-n9[c-][n+](C)c%10cccnc%109)cnc8Oc8cccc(c86)O7)c5)ccc4Oc4cccc(c42)O3)c2ncccc21. The van der Waals surface area contributed by atoms with Crippen molar-refractivity contribution in [1.82, 2.24) is 29.1 Å². The largest absolute Gasteiger partial charge is 0.464 e. The van der Waals surface area contributed by atoms with Crippen molar-refractivity contribution in [3.8, 4) is 80.1 Å². The first-order valence-electron chi connectivity index (χ1n) is 21.8. The first-order valence-corrected chi connectivity index (χ1v) is 21.8. The number of furan rings is 1. The lowest BCUT2D eigenvalue weighted by molar-refractivity contribution is -0.649. The Labute approximate surface area is 381 Å². The third-order valence-electron chi connectivity index (χ3n) is 13.4. The molecular weight excluding hydrogens is 838 g/mol. The van der Waals surface area contributed by atoms with E-state index in [4.69, 9.17) is 33.3 Å². The van der Waals surface area contributed by atoms with Gasteiger partial charge in [-0.3, -0.25) is 9.97 Å². The van der Waals surface area contributed by atoms with Gasteiger partial charge in [0.25, 0.3) is 13.4 Å². The number of pyridine rings is 4. The van der Waals surface area contributed by atoms with E-state index in [1.54, 1.807) is 18.6 Å². The highest BCUT2D eigenvalue weighted by Crippen LogP contribution is 2.38. The Morgan fingerprint density at radius 1 is 0.478 bits per heavy atom. The van der Waals surface area contributed by atoms with Crippen LogP contribution in [0.5, 0.6) is 46.3 Å². The molecule has 4 aliphatic heterocycles. The van der Waals surface area contributed by atoms with E-state index < -0.39 is 0 Å². The van der Waals surface area contributed by atoms with Crippen molar-refractivity contribution in [3.63, 3.8) is 0 Å². The molecule has 11 aromatic rings. The van der Waals surface area contributed by atoms with Gasteiger partial charge in [0.15, 0.2) is 0 Å². The fraction of sp³-hybridized carbons (Fsp3) is 0.0385. The van der Waals surface area contributed by atoms with Crippen LogP contribution in [-0.2, 0) is 14.1 Å². The summed E-state index contributed by atoms with van der Waals surface area (Å²) in [5, 5.41) is 0. The Kier molecular flexibility index (Phi) is 7.22. The summed E-state index contributed by atoms with van der Waals surface area (Å²) in [5.41, 5.74) is 13.7. The Morgan fingerprint density at radius 3 is 1.54 bits per heavy atom. The third kappa shape index (κ3) is 5.21. The standard InChI is InChI=1S/C52H30B2N8O5/c1-59-27-61(49-38(59)7-5-17-55-49)32-22-36-51(57-24-32)66-44-11-3-9-42-47(44)53(36)34-19-29(13-15-40(34)64-42)31-21-46(63-26-31)30-14-16-41-35(20-30)54-37-23-33(62-28-60(2)39-8-6-18-56-50(39)62)25-58-52(37)67-45-12-4-10-43(65-41)48(45)54/h3-26H,1-2H3. The van der Waals surface area contributed by atoms with Gasteiger partial charge in [0.05, 0.1) is 42.8 Å². The molecule has 7 aromatic heterocycles. The minimum atomic E-state index is -0.233. The van der Waals surface area contributed by atoms with Gasteiger partial charge in [-0.2, -0.15) is 0 Å². The van der Waals surface area contributed by atoms with Gasteiger partial charge in [0.1, 0.15) is 51.6 Å². The van der Waals surface area contributed by atoms with Gasteiger partial charge in [0.2, 0.25) is 24.4 Å². The Morgan fingerprint density at radius 2 is 0.985 bits per heavy atom. The fourth-order valence-electron chi connectivity index (χ4n) is 10.3. The summed E-state index contributed by atoms with van der Waals surface area (Å²) in [6, 6.07) is 38.6. The summed E-state index contributed by atoms with van der Waals surface area (Å²) in [6.07, 6.45) is 15.8. The Bertz CT molecular complexity index is 3690. The quantitative estimate of drug-likeness (QED) is 0.140. The second-order valence-electron chi connectivity index (χ2n) is 17.2. The van der Waals surface area contributed by atoms with E-state index in [0.29, 0.717) is 23.3 Å². The number of aryl methyl sites for hydroxylation is 2. The molecule has 67 heavy (non-hydrogen) atoms. The number of aromatic nitrogens is 8. The molecule has 0 bridgehead atoms. The van der Waals surface area contributed by atoms with Gasteiger partial charge < -0.3 is 41.6 Å². The highest BCUT2D eigenvalue weighted by molar-refractivity contribution is 6.99. The molecule has 15 heteroatoms. The summed E-state index contributed by atoms with van der Waals surface area (Å²) in [5.74, 6) is 6.26. The molecule has 15 rings (SSSR count). The number of nitrogens with zero attached hydrogens (tertiary/aromatic N) is 8. The maximum Gasteiger partial charge on any atom is 0.262 e. The second kappa shape index (κ2) is 13.3. The first kappa shape index (κ1) is 36.4. The highest BCUT2D eigenvalue weighted by atomic mass is 16.5. The first-order chi connectivity index (χ1) is 33.0. The molecule has 0 saturated carbocycles. The third-order valence-corrected chi connectivity index (χ3v) is 13.4. The minimum Gasteiger partial charge on any atom is -0.464 e. The fourth-order valence-corrected chi connectivity index (χ4v) is 10.3. The van der Waals surface area contributed by atoms with E-state index in [-0.39, 0.29) is 13.4 Å². The summed E-state index contributed by atoms with van der Waals surface area (Å²) in [4.78, 5) is 19.1. The number of ether oxygens (including phenoxy) is 4. The molecule has 314 valence electrons. The van der Waals surface area contributed by atoms with E-state index >= 15 is 0 Å². The van der Waals surface area contributed by atoms with Crippen molar-refractivity contribution >= 4 is 68.5 Å². The van der Waals surface area contributed by atoms with Crippen molar-refractivity contribution in [3.05, 3.63) is 159 Å². The normalized spacial score (nSPS) is 13.3. The zero-order valence-corrected chi connectivity index (χ0v) is 35.6.